The highest BCUT2D eigenvalue weighted by atomic mass is 19.4. The number of aromatic nitrogens is 2. The second-order valence-corrected chi connectivity index (χ2v) is 8.00. The SMILES string of the molecule is O=C(NC1(C(=O)NCc2ccc(Nc3ccccc3C(F)(F)F)cc2)CCOC1)c1cccnn1. The molecule has 2 aromatic carbocycles. The molecule has 2 amide bonds. The monoisotopic (exact) mass is 485 g/mol. The van der Waals surface area contributed by atoms with Crippen LogP contribution in [0.1, 0.15) is 28.0 Å². The lowest BCUT2D eigenvalue weighted by Gasteiger charge is -2.27. The van der Waals surface area contributed by atoms with E-state index >= 15 is 0 Å². The Hall–Kier alpha value is -3.99. The number of amides is 2. The molecule has 1 atom stereocenters. The molecule has 182 valence electrons. The van der Waals surface area contributed by atoms with Crippen LogP contribution in [-0.4, -0.2) is 40.8 Å². The number of ether oxygens (including phenoxy) is 1. The van der Waals surface area contributed by atoms with E-state index in [0.717, 1.165) is 11.6 Å². The Kier molecular flexibility index (Phi) is 6.97. The van der Waals surface area contributed by atoms with Gasteiger partial charge in [0.05, 0.1) is 17.9 Å². The molecule has 1 fully saturated rings. The van der Waals surface area contributed by atoms with E-state index in [4.69, 9.17) is 4.74 Å². The van der Waals surface area contributed by atoms with Crippen LogP contribution in [0.3, 0.4) is 0 Å². The lowest BCUT2D eigenvalue weighted by atomic mass is 9.96. The molecule has 1 aromatic heterocycles. The van der Waals surface area contributed by atoms with E-state index in [0.29, 0.717) is 18.7 Å². The first kappa shape index (κ1) is 24.1. The first-order valence-corrected chi connectivity index (χ1v) is 10.8. The molecule has 8 nitrogen and oxygen atoms in total. The van der Waals surface area contributed by atoms with Gasteiger partial charge in [0, 0.05) is 31.5 Å². The van der Waals surface area contributed by atoms with Gasteiger partial charge in [-0.3, -0.25) is 9.59 Å². The quantitative estimate of drug-likeness (QED) is 0.474. The Labute approximate surface area is 198 Å². The minimum absolute atomic E-state index is 0.0201. The first-order valence-electron chi connectivity index (χ1n) is 10.8. The number of benzene rings is 2. The average molecular weight is 485 g/mol. The van der Waals surface area contributed by atoms with Crippen molar-refractivity contribution in [3.05, 3.63) is 83.7 Å². The van der Waals surface area contributed by atoms with Crippen molar-refractivity contribution in [2.75, 3.05) is 18.5 Å². The zero-order valence-electron chi connectivity index (χ0n) is 18.4. The van der Waals surface area contributed by atoms with Crippen LogP contribution < -0.4 is 16.0 Å². The summed E-state index contributed by atoms with van der Waals surface area (Å²) < 4.78 is 45.0. The van der Waals surface area contributed by atoms with Gasteiger partial charge in [0.2, 0.25) is 5.91 Å². The molecule has 2 heterocycles. The van der Waals surface area contributed by atoms with Crippen molar-refractivity contribution in [1.82, 2.24) is 20.8 Å². The second kappa shape index (κ2) is 10.1. The number of hydrogen-bond acceptors (Lipinski definition) is 6. The van der Waals surface area contributed by atoms with Crippen LogP contribution in [0.2, 0.25) is 0 Å². The third kappa shape index (κ3) is 5.75. The number of rotatable bonds is 7. The van der Waals surface area contributed by atoms with Gasteiger partial charge < -0.3 is 20.7 Å². The third-order valence-electron chi connectivity index (χ3n) is 5.53. The van der Waals surface area contributed by atoms with Gasteiger partial charge in [0.25, 0.3) is 5.91 Å². The van der Waals surface area contributed by atoms with Crippen LogP contribution in [0.25, 0.3) is 0 Å². The lowest BCUT2D eigenvalue weighted by Crippen LogP contribution is -2.59. The highest BCUT2D eigenvalue weighted by Crippen LogP contribution is 2.35. The van der Waals surface area contributed by atoms with E-state index in [2.05, 4.69) is 26.1 Å². The predicted octanol–water partition coefficient (Wildman–Crippen LogP) is 3.44. The van der Waals surface area contributed by atoms with Crippen molar-refractivity contribution < 1.29 is 27.5 Å². The van der Waals surface area contributed by atoms with Crippen molar-refractivity contribution in [2.45, 2.75) is 24.7 Å². The van der Waals surface area contributed by atoms with Gasteiger partial charge in [-0.05, 0) is 42.0 Å². The van der Waals surface area contributed by atoms with Crippen molar-refractivity contribution in [3.63, 3.8) is 0 Å². The van der Waals surface area contributed by atoms with Crippen LogP contribution >= 0.6 is 0 Å². The van der Waals surface area contributed by atoms with E-state index in [1.165, 1.54) is 30.5 Å². The van der Waals surface area contributed by atoms with E-state index in [1.54, 1.807) is 30.3 Å². The topological polar surface area (TPSA) is 105 Å². The summed E-state index contributed by atoms with van der Waals surface area (Å²) in [6.45, 7) is 0.487. The Balaban J connectivity index is 1.38. The summed E-state index contributed by atoms with van der Waals surface area (Å²) >= 11 is 0. The number of para-hydroxylation sites is 1. The lowest BCUT2D eigenvalue weighted by molar-refractivity contribution is -0.137. The Morgan fingerprint density at radius 2 is 1.80 bits per heavy atom. The van der Waals surface area contributed by atoms with Crippen LogP contribution in [0.4, 0.5) is 24.5 Å². The Morgan fingerprint density at radius 1 is 1.03 bits per heavy atom. The van der Waals surface area contributed by atoms with Gasteiger partial charge >= 0.3 is 6.18 Å². The van der Waals surface area contributed by atoms with Crippen molar-refractivity contribution in [1.29, 1.82) is 0 Å². The Morgan fingerprint density at radius 3 is 2.46 bits per heavy atom. The number of alkyl halides is 3. The Bertz CT molecular complexity index is 1180. The van der Waals surface area contributed by atoms with E-state index < -0.39 is 29.1 Å². The zero-order chi connectivity index (χ0) is 24.9. The van der Waals surface area contributed by atoms with Gasteiger partial charge in [-0.1, -0.05) is 24.3 Å². The van der Waals surface area contributed by atoms with Crippen LogP contribution in [0, 0.1) is 0 Å². The number of anilines is 2. The maximum Gasteiger partial charge on any atom is 0.418 e. The summed E-state index contributed by atoms with van der Waals surface area (Å²) in [5.41, 5.74) is -0.776. The number of nitrogens with zero attached hydrogens (tertiary/aromatic N) is 2. The minimum Gasteiger partial charge on any atom is -0.378 e. The number of halogens is 3. The number of carbonyl (C=O) groups is 2. The fraction of sp³-hybridized carbons (Fsp3) is 0.250. The normalized spacial score (nSPS) is 17.6. The summed E-state index contributed by atoms with van der Waals surface area (Å²) in [6, 6.07) is 14.9. The molecule has 11 heteroatoms. The minimum atomic E-state index is -4.48. The molecule has 4 rings (SSSR count). The molecule has 35 heavy (non-hydrogen) atoms. The highest BCUT2D eigenvalue weighted by molar-refractivity contribution is 5.98. The van der Waals surface area contributed by atoms with Crippen LogP contribution in [0.5, 0.6) is 0 Å². The van der Waals surface area contributed by atoms with E-state index in [9.17, 15) is 22.8 Å². The maximum absolute atomic E-state index is 13.2. The molecule has 0 saturated carbocycles. The summed E-state index contributed by atoms with van der Waals surface area (Å²) in [7, 11) is 0. The smallest absolute Gasteiger partial charge is 0.378 e. The maximum atomic E-state index is 13.2. The fourth-order valence-corrected chi connectivity index (χ4v) is 3.66. The molecule has 0 aliphatic carbocycles. The molecule has 1 unspecified atom stereocenters. The predicted molar refractivity (Wildman–Crippen MR) is 121 cm³/mol. The zero-order valence-corrected chi connectivity index (χ0v) is 18.4. The van der Waals surface area contributed by atoms with E-state index in [-0.39, 0.29) is 24.5 Å². The first-order chi connectivity index (χ1) is 16.8. The van der Waals surface area contributed by atoms with Gasteiger partial charge in [-0.25, -0.2) is 0 Å². The summed E-state index contributed by atoms with van der Waals surface area (Å²) in [5.74, 6) is -0.943. The molecule has 1 aliphatic heterocycles. The second-order valence-electron chi connectivity index (χ2n) is 8.00. The molecule has 3 aromatic rings. The van der Waals surface area contributed by atoms with Crippen molar-refractivity contribution >= 4 is 23.2 Å². The molecule has 3 N–H and O–H groups in total. The average Bonchev–Trinajstić information content (AvgIpc) is 3.33. The van der Waals surface area contributed by atoms with Crippen molar-refractivity contribution in [3.8, 4) is 0 Å². The highest BCUT2D eigenvalue weighted by Gasteiger charge is 2.44. The summed E-state index contributed by atoms with van der Waals surface area (Å²) in [6.07, 6.45) is -2.74. The van der Waals surface area contributed by atoms with Gasteiger partial charge in [0.15, 0.2) is 5.69 Å². The molecule has 1 saturated heterocycles. The van der Waals surface area contributed by atoms with Gasteiger partial charge in [-0.15, -0.1) is 5.10 Å². The molecular weight excluding hydrogens is 463 g/mol. The summed E-state index contributed by atoms with van der Waals surface area (Å²) in [5, 5.41) is 15.7. The van der Waals surface area contributed by atoms with Crippen molar-refractivity contribution in [2.24, 2.45) is 0 Å². The molecular formula is C24H22F3N5O3. The molecule has 0 bridgehead atoms. The van der Waals surface area contributed by atoms with Gasteiger partial charge in [0.1, 0.15) is 5.54 Å². The molecule has 0 spiro atoms. The number of carbonyl (C=O) groups excluding carboxylic acids is 2. The molecule has 0 radical (unpaired) electrons. The van der Waals surface area contributed by atoms with Crippen LogP contribution in [-0.2, 0) is 22.3 Å². The summed E-state index contributed by atoms with van der Waals surface area (Å²) in [4.78, 5) is 25.5. The number of nitrogens with one attached hydrogen (secondary N) is 3. The third-order valence-corrected chi connectivity index (χ3v) is 5.53. The fourth-order valence-electron chi connectivity index (χ4n) is 3.66. The van der Waals surface area contributed by atoms with Gasteiger partial charge in [-0.2, -0.15) is 18.3 Å². The standard InChI is InChI=1S/C24H22F3N5O3/c25-24(26,27)18-4-1-2-5-19(18)30-17-9-7-16(8-10-17)14-28-22(34)23(11-13-35-15-23)31-21(33)20-6-3-12-29-32-20/h1-10,12,30H,11,13-15H2,(H,28,34)(H,31,33). The largest absolute Gasteiger partial charge is 0.418 e. The number of hydrogen-bond donors (Lipinski definition) is 3. The molecule has 1 aliphatic rings. The van der Waals surface area contributed by atoms with Crippen LogP contribution in [0.15, 0.2) is 66.9 Å². The van der Waals surface area contributed by atoms with E-state index in [1.807, 2.05) is 0 Å².